The van der Waals surface area contributed by atoms with Gasteiger partial charge in [0.15, 0.2) is 5.82 Å². The summed E-state index contributed by atoms with van der Waals surface area (Å²) >= 11 is 0. The number of aromatic nitrogens is 4. The lowest BCUT2D eigenvalue weighted by atomic mass is 9.98. The summed E-state index contributed by atoms with van der Waals surface area (Å²) in [6, 6.07) is 0. The summed E-state index contributed by atoms with van der Waals surface area (Å²) in [7, 11) is -0.137. The van der Waals surface area contributed by atoms with Gasteiger partial charge < -0.3 is 0 Å². The van der Waals surface area contributed by atoms with Crippen LogP contribution in [0.25, 0.3) is 0 Å². The Labute approximate surface area is 138 Å². The fourth-order valence-electron chi connectivity index (χ4n) is 3.06. The first-order chi connectivity index (χ1) is 10.8. The van der Waals surface area contributed by atoms with Crippen LogP contribution in [0.2, 0.25) is 0 Å². The third-order valence-corrected chi connectivity index (χ3v) is 7.03. The lowest BCUT2D eigenvalue weighted by Gasteiger charge is -2.32. The monoisotopic (exact) mass is 342 g/mol. The molecule has 0 radical (unpaired) electrons. The van der Waals surface area contributed by atoms with Crippen molar-refractivity contribution in [2.24, 2.45) is 11.3 Å². The maximum Gasteiger partial charge on any atom is 0.281 e. The molecule has 2 fully saturated rings. The van der Waals surface area contributed by atoms with Gasteiger partial charge in [0.25, 0.3) is 10.2 Å². The molecule has 1 saturated heterocycles. The van der Waals surface area contributed by atoms with Crippen LogP contribution in [0.15, 0.2) is 0 Å². The molecule has 1 aliphatic carbocycles. The summed E-state index contributed by atoms with van der Waals surface area (Å²) in [5.41, 5.74) is 0.385. The second kappa shape index (κ2) is 6.10. The van der Waals surface area contributed by atoms with Crippen molar-refractivity contribution < 1.29 is 8.42 Å². The second-order valence-corrected chi connectivity index (χ2v) is 9.54. The van der Waals surface area contributed by atoms with E-state index in [0.717, 1.165) is 31.6 Å². The van der Waals surface area contributed by atoms with Crippen molar-refractivity contribution in [1.29, 1.82) is 0 Å². The summed E-state index contributed by atoms with van der Waals surface area (Å²) < 4.78 is 29.0. The van der Waals surface area contributed by atoms with E-state index in [0.29, 0.717) is 24.4 Å². The Morgan fingerprint density at radius 1 is 1.26 bits per heavy atom. The molecule has 0 spiro atoms. The fourth-order valence-corrected chi connectivity index (χ4v) is 4.20. The Morgan fingerprint density at radius 3 is 2.48 bits per heavy atom. The van der Waals surface area contributed by atoms with Crippen LogP contribution in [-0.4, -0.2) is 64.4 Å². The minimum absolute atomic E-state index is 0.385. The summed E-state index contributed by atoms with van der Waals surface area (Å²) in [5.74, 6) is 1.39. The molecule has 1 saturated carbocycles. The molecule has 0 N–H and O–H groups in total. The van der Waals surface area contributed by atoms with Gasteiger partial charge >= 0.3 is 0 Å². The minimum Gasteiger partial charge on any atom is -0.229 e. The Kier molecular flexibility index (Phi) is 4.45. The van der Waals surface area contributed by atoms with Crippen LogP contribution in [0.3, 0.4) is 0 Å². The van der Waals surface area contributed by atoms with Crippen LogP contribution in [0.5, 0.6) is 0 Å². The summed E-state index contributed by atoms with van der Waals surface area (Å²) in [6.45, 7) is 4.20. The van der Waals surface area contributed by atoms with E-state index in [1.54, 1.807) is 18.4 Å². The zero-order chi connectivity index (χ0) is 16.7. The molecule has 2 heterocycles. The van der Waals surface area contributed by atoms with Gasteiger partial charge in [-0.15, -0.1) is 5.10 Å². The number of piperidine rings is 1. The van der Waals surface area contributed by atoms with Crippen LogP contribution in [0.1, 0.15) is 38.4 Å². The van der Waals surface area contributed by atoms with Crippen molar-refractivity contribution in [2.75, 3.05) is 27.2 Å². The van der Waals surface area contributed by atoms with E-state index in [-0.39, 0.29) is 0 Å². The van der Waals surface area contributed by atoms with Crippen LogP contribution < -0.4 is 0 Å². The lowest BCUT2D eigenvalue weighted by Crippen LogP contribution is -2.44. The SMILES string of the molecule is CN(C)S(=O)(=O)N1CCC(Cn2nnnc2CC2(C)CC2)CC1. The zero-order valence-electron chi connectivity index (χ0n) is 14.1. The molecule has 1 aliphatic heterocycles. The van der Waals surface area contributed by atoms with Gasteiger partial charge in [-0.25, -0.2) is 4.68 Å². The number of hydrogen-bond donors (Lipinski definition) is 0. The molecule has 0 amide bonds. The Balaban J connectivity index is 1.56. The third kappa shape index (κ3) is 3.72. The number of nitrogens with zero attached hydrogens (tertiary/aromatic N) is 6. The highest BCUT2D eigenvalue weighted by molar-refractivity contribution is 7.86. The van der Waals surface area contributed by atoms with Gasteiger partial charge in [-0.1, -0.05) is 6.92 Å². The van der Waals surface area contributed by atoms with Gasteiger partial charge in [0, 0.05) is 40.2 Å². The normalized spacial score (nSPS) is 22.6. The van der Waals surface area contributed by atoms with Gasteiger partial charge in [0.2, 0.25) is 0 Å². The highest BCUT2D eigenvalue weighted by atomic mass is 32.2. The smallest absolute Gasteiger partial charge is 0.229 e. The standard InChI is InChI=1S/C14H26N6O2S/c1-14(6-7-14)10-13-15-16-17-20(13)11-12-4-8-19(9-5-12)23(21,22)18(2)3/h12H,4-11H2,1-3H3. The molecule has 0 atom stereocenters. The molecule has 3 rings (SSSR count). The van der Waals surface area contributed by atoms with Crippen molar-refractivity contribution in [2.45, 2.75) is 45.6 Å². The maximum atomic E-state index is 12.1. The average molecular weight is 342 g/mol. The lowest BCUT2D eigenvalue weighted by molar-refractivity contribution is 0.235. The average Bonchev–Trinajstić information content (AvgIpc) is 3.07. The highest BCUT2D eigenvalue weighted by Gasteiger charge is 2.39. The second-order valence-electron chi connectivity index (χ2n) is 7.40. The molecular formula is C14H26N6O2S. The van der Waals surface area contributed by atoms with E-state index in [1.165, 1.54) is 17.1 Å². The first kappa shape index (κ1) is 16.8. The van der Waals surface area contributed by atoms with Crippen molar-refractivity contribution in [3.63, 3.8) is 0 Å². The quantitative estimate of drug-likeness (QED) is 0.753. The van der Waals surface area contributed by atoms with Crippen LogP contribution >= 0.6 is 0 Å². The van der Waals surface area contributed by atoms with Crippen molar-refractivity contribution >= 4 is 10.2 Å². The highest BCUT2D eigenvalue weighted by Crippen LogP contribution is 2.47. The largest absolute Gasteiger partial charge is 0.281 e. The Morgan fingerprint density at radius 2 is 1.91 bits per heavy atom. The molecule has 0 unspecified atom stereocenters. The van der Waals surface area contributed by atoms with Crippen LogP contribution in [0.4, 0.5) is 0 Å². The molecule has 0 aromatic carbocycles. The zero-order valence-corrected chi connectivity index (χ0v) is 15.0. The topological polar surface area (TPSA) is 84.2 Å². The minimum atomic E-state index is -3.29. The molecule has 130 valence electrons. The number of tetrazole rings is 1. The van der Waals surface area contributed by atoms with Crippen molar-refractivity contribution in [3.05, 3.63) is 5.82 Å². The van der Waals surface area contributed by atoms with E-state index in [2.05, 4.69) is 22.4 Å². The van der Waals surface area contributed by atoms with E-state index >= 15 is 0 Å². The van der Waals surface area contributed by atoms with E-state index in [9.17, 15) is 8.42 Å². The molecule has 23 heavy (non-hydrogen) atoms. The van der Waals surface area contributed by atoms with Crippen molar-refractivity contribution in [3.8, 4) is 0 Å². The molecule has 1 aromatic heterocycles. The molecule has 1 aromatic rings. The molecule has 9 heteroatoms. The molecule has 8 nitrogen and oxygen atoms in total. The summed E-state index contributed by atoms with van der Waals surface area (Å²) in [6.07, 6.45) is 5.14. The Bertz CT molecular complexity index is 644. The van der Waals surface area contributed by atoms with Crippen LogP contribution in [0, 0.1) is 11.3 Å². The molecule has 2 aliphatic rings. The van der Waals surface area contributed by atoms with Gasteiger partial charge in [-0.2, -0.15) is 17.0 Å². The van der Waals surface area contributed by atoms with Gasteiger partial charge in [0.1, 0.15) is 0 Å². The number of rotatable bonds is 6. The Hall–Kier alpha value is -1.06. The van der Waals surface area contributed by atoms with Gasteiger partial charge in [0.05, 0.1) is 0 Å². The van der Waals surface area contributed by atoms with E-state index in [4.69, 9.17) is 0 Å². The van der Waals surface area contributed by atoms with Gasteiger partial charge in [-0.05, 0) is 47.4 Å². The first-order valence-electron chi connectivity index (χ1n) is 8.23. The third-order valence-electron chi connectivity index (χ3n) is 5.09. The van der Waals surface area contributed by atoms with Gasteiger partial charge in [-0.3, -0.25) is 0 Å². The van der Waals surface area contributed by atoms with E-state index in [1.807, 2.05) is 4.68 Å². The maximum absolute atomic E-state index is 12.1. The summed E-state index contributed by atoms with van der Waals surface area (Å²) in [5, 5.41) is 12.1. The van der Waals surface area contributed by atoms with Crippen molar-refractivity contribution in [1.82, 2.24) is 28.8 Å². The first-order valence-corrected chi connectivity index (χ1v) is 9.62. The number of hydrogen-bond acceptors (Lipinski definition) is 5. The van der Waals surface area contributed by atoms with E-state index < -0.39 is 10.2 Å². The predicted octanol–water partition coefficient (Wildman–Crippen LogP) is 0.534. The fraction of sp³-hybridized carbons (Fsp3) is 0.929. The predicted molar refractivity (Wildman–Crippen MR) is 85.8 cm³/mol. The molecule has 0 bridgehead atoms. The summed E-state index contributed by atoms with van der Waals surface area (Å²) in [4.78, 5) is 0. The van der Waals surface area contributed by atoms with Crippen LogP contribution in [-0.2, 0) is 23.2 Å². The molecular weight excluding hydrogens is 316 g/mol.